The summed E-state index contributed by atoms with van der Waals surface area (Å²) >= 11 is 0. The second kappa shape index (κ2) is 7.37. The maximum absolute atomic E-state index is 14.5. The second-order valence-electron chi connectivity index (χ2n) is 7.63. The van der Waals surface area contributed by atoms with Gasteiger partial charge in [0.05, 0.1) is 6.04 Å². The van der Waals surface area contributed by atoms with Gasteiger partial charge in [0, 0.05) is 12.6 Å². The van der Waals surface area contributed by atoms with Crippen molar-refractivity contribution in [2.45, 2.75) is 50.8 Å². The summed E-state index contributed by atoms with van der Waals surface area (Å²) in [6.45, 7) is 3.83. The molecule has 0 spiro atoms. The van der Waals surface area contributed by atoms with Gasteiger partial charge in [-0.25, -0.2) is 4.39 Å². The number of nitrogens with zero attached hydrogens (tertiary/aromatic N) is 1. The number of halogens is 1. The van der Waals surface area contributed by atoms with E-state index in [1.165, 1.54) is 17.2 Å². The molecule has 1 saturated heterocycles. The fourth-order valence-electron chi connectivity index (χ4n) is 4.45. The maximum atomic E-state index is 14.5. The Labute approximate surface area is 155 Å². The van der Waals surface area contributed by atoms with Crippen LogP contribution in [0.5, 0.6) is 5.75 Å². The van der Waals surface area contributed by atoms with Crippen molar-refractivity contribution in [3.8, 4) is 5.75 Å². The van der Waals surface area contributed by atoms with Gasteiger partial charge in [-0.1, -0.05) is 36.4 Å². The monoisotopic (exact) mass is 354 g/mol. The van der Waals surface area contributed by atoms with Crippen molar-refractivity contribution < 1.29 is 9.13 Å². The Hall–Kier alpha value is -1.91. The van der Waals surface area contributed by atoms with Gasteiger partial charge in [-0.15, -0.1) is 0 Å². The van der Waals surface area contributed by atoms with Gasteiger partial charge in [-0.2, -0.15) is 0 Å². The summed E-state index contributed by atoms with van der Waals surface area (Å²) in [6.07, 6.45) is 4.08. The molecule has 26 heavy (non-hydrogen) atoms. The molecule has 2 N–H and O–H groups in total. The highest BCUT2D eigenvalue weighted by molar-refractivity contribution is 5.38. The molecule has 0 amide bonds. The molecular formula is C22H27FN2O. The lowest BCUT2D eigenvalue weighted by Gasteiger charge is -2.43. The molecule has 0 bridgehead atoms. The quantitative estimate of drug-likeness (QED) is 0.906. The smallest absolute Gasteiger partial charge is 0.165 e. The average Bonchev–Trinajstić information content (AvgIpc) is 2.64. The van der Waals surface area contributed by atoms with E-state index >= 15 is 0 Å². The molecule has 3 atom stereocenters. The number of likely N-dealkylation sites (tertiary alicyclic amines) is 1. The number of hydrogen-bond acceptors (Lipinski definition) is 3. The van der Waals surface area contributed by atoms with Crippen molar-refractivity contribution in [3.05, 3.63) is 65.0 Å². The number of piperidine rings is 1. The Morgan fingerprint density at radius 1 is 1.12 bits per heavy atom. The Balaban J connectivity index is 1.70. The number of nitrogens with two attached hydrogens (primary N) is 1. The van der Waals surface area contributed by atoms with E-state index in [9.17, 15) is 4.39 Å². The largest absolute Gasteiger partial charge is 0.481 e. The van der Waals surface area contributed by atoms with Gasteiger partial charge in [-0.3, -0.25) is 4.90 Å². The van der Waals surface area contributed by atoms with Crippen molar-refractivity contribution in [3.63, 3.8) is 0 Å². The van der Waals surface area contributed by atoms with Gasteiger partial charge in [-0.05, 0) is 61.9 Å². The van der Waals surface area contributed by atoms with Crippen LogP contribution in [0.4, 0.5) is 4.39 Å². The zero-order valence-corrected chi connectivity index (χ0v) is 15.3. The molecule has 0 aromatic heterocycles. The van der Waals surface area contributed by atoms with E-state index in [1.807, 2.05) is 19.1 Å². The molecule has 4 rings (SSSR count). The van der Waals surface area contributed by atoms with Crippen LogP contribution in [0.15, 0.2) is 42.5 Å². The van der Waals surface area contributed by atoms with Crippen LogP contribution in [-0.2, 0) is 6.42 Å². The minimum Gasteiger partial charge on any atom is -0.481 e. The minimum absolute atomic E-state index is 0.166. The predicted octanol–water partition coefficient (Wildman–Crippen LogP) is 3.99. The lowest BCUT2D eigenvalue weighted by atomic mass is 9.84. The van der Waals surface area contributed by atoms with Gasteiger partial charge in [0.15, 0.2) is 11.6 Å². The number of para-hydroxylation sites is 1. The van der Waals surface area contributed by atoms with Gasteiger partial charge in [0.1, 0.15) is 6.10 Å². The standard InChI is InChI=1S/C22H27FN2O/c1-15-6-4-10-19(23)21(15)26-22-18-9-3-2-7-16(18)11-12-20(22)25-13-5-8-17(24)14-25/h2-4,6-7,9-10,17,20,22H,5,8,11-14,24H2,1H3/t17?,20?,22-/m0/s1. The Morgan fingerprint density at radius 2 is 1.96 bits per heavy atom. The molecule has 4 heteroatoms. The van der Waals surface area contributed by atoms with E-state index in [4.69, 9.17) is 10.5 Å². The fraction of sp³-hybridized carbons (Fsp3) is 0.455. The van der Waals surface area contributed by atoms with Crippen molar-refractivity contribution in [2.24, 2.45) is 5.73 Å². The zero-order valence-electron chi connectivity index (χ0n) is 15.3. The van der Waals surface area contributed by atoms with Crippen LogP contribution in [0.25, 0.3) is 0 Å². The van der Waals surface area contributed by atoms with Gasteiger partial charge < -0.3 is 10.5 Å². The highest BCUT2D eigenvalue weighted by Crippen LogP contribution is 2.38. The summed E-state index contributed by atoms with van der Waals surface area (Å²) in [5.41, 5.74) is 9.56. The first kappa shape index (κ1) is 17.5. The summed E-state index contributed by atoms with van der Waals surface area (Å²) in [4.78, 5) is 2.46. The Kier molecular flexibility index (Phi) is 4.96. The molecule has 1 aliphatic heterocycles. The molecule has 1 heterocycles. The molecule has 1 fully saturated rings. The summed E-state index contributed by atoms with van der Waals surface area (Å²) < 4.78 is 20.8. The number of hydrogen-bond donors (Lipinski definition) is 1. The highest BCUT2D eigenvalue weighted by atomic mass is 19.1. The summed E-state index contributed by atoms with van der Waals surface area (Å²) in [6, 6.07) is 14.0. The fourth-order valence-corrected chi connectivity index (χ4v) is 4.45. The lowest BCUT2D eigenvalue weighted by molar-refractivity contribution is 0.0343. The molecule has 0 radical (unpaired) electrons. The van der Waals surface area contributed by atoms with Crippen LogP contribution in [-0.4, -0.2) is 30.1 Å². The van der Waals surface area contributed by atoms with Crippen LogP contribution >= 0.6 is 0 Å². The van der Waals surface area contributed by atoms with Gasteiger partial charge in [0.2, 0.25) is 0 Å². The van der Waals surface area contributed by atoms with Crippen LogP contribution in [0.3, 0.4) is 0 Å². The first-order valence-electron chi connectivity index (χ1n) is 9.62. The molecule has 2 aliphatic rings. The molecule has 138 valence electrons. The molecule has 0 saturated carbocycles. The topological polar surface area (TPSA) is 38.5 Å². The molecule has 3 nitrogen and oxygen atoms in total. The SMILES string of the molecule is Cc1cccc(F)c1O[C@H]1c2ccccc2CCC1N1CCCC(N)C1. The molecule has 2 unspecified atom stereocenters. The second-order valence-corrected chi connectivity index (χ2v) is 7.63. The van der Waals surface area contributed by atoms with Crippen LogP contribution in [0.1, 0.15) is 42.1 Å². The minimum atomic E-state index is -0.290. The van der Waals surface area contributed by atoms with E-state index in [-0.39, 0.29) is 24.0 Å². The lowest BCUT2D eigenvalue weighted by Crippen LogP contribution is -2.51. The Bertz CT molecular complexity index is 758. The molecule has 2 aromatic rings. The molecule has 2 aromatic carbocycles. The average molecular weight is 354 g/mol. The third-order valence-electron chi connectivity index (χ3n) is 5.79. The number of aryl methyl sites for hydroxylation is 2. The first-order chi connectivity index (χ1) is 12.6. The number of benzene rings is 2. The van der Waals surface area contributed by atoms with Crippen molar-refractivity contribution in [1.82, 2.24) is 4.90 Å². The molecule has 1 aliphatic carbocycles. The Morgan fingerprint density at radius 3 is 2.77 bits per heavy atom. The van der Waals surface area contributed by atoms with Crippen molar-refractivity contribution in [1.29, 1.82) is 0 Å². The normalized spacial score (nSPS) is 26.3. The number of fused-ring (bicyclic) bond motifs is 1. The van der Waals surface area contributed by atoms with Gasteiger partial charge in [0.25, 0.3) is 0 Å². The van der Waals surface area contributed by atoms with E-state index in [0.29, 0.717) is 5.75 Å². The van der Waals surface area contributed by atoms with E-state index < -0.39 is 0 Å². The van der Waals surface area contributed by atoms with E-state index in [0.717, 1.165) is 44.3 Å². The third kappa shape index (κ3) is 3.36. The predicted molar refractivity (Wildman–Crippen MR) is 102 cm³/mol. The molecular weight excluding hydrogens is 327 g/mol. The maximum Gasteiger partial charge on any atom is 0.165 e. The third-order valence-corrected chi connectivity index (χ3v) is 5.79. The first-order valence-corrected chi connectivity index (χ1v) is 9.62. The van der Waals surface area contributed by atoms with Gasteiger partial charge >= 0.3 is 0 Å². The highest BCUT2D eigenvalue weighted by Gasteiger charge is 2.37. The van der Waals surface area contributed by atoms with Crippen LogP contribution < -0.4 is 10.5 Å². The van der Waals surface area contributed by atoms with Crippen LogP contribution in [0, 0.1) is 12.7 Å². The van der Waals surface area contributed by atoms with E-state index in [1.54, 1.807) is 6.07 Å². The number of rotatable bonds is 3. The summed E-state index contributed by atoms with van der Waals surface area (Å²) in [5.74, 6) is 0.0858. The van der Waals surface area contributed by atoms with Crippen LogP contribution in [0.2, 0.25) is 0 Å². The zero-order chi connectivity index (χ0) is 18.1. The van der Waals surface area contributed by atoms with Crippen molar-refractivity contribution >= 4 is 0 Å². The van der Waals surface area contributed by atoms with Crippen molar-refractivity contribution in [2.75, 3.05) is 13.1 Å². The number of ether oxygens (including phenoxy) is 1. The van der Waals surface area contributed by atoms with E-state index in [2.05, 4.69) is 23.1 Å². The summed E-state index contributed by atoms with van der Waals surface area (Å²) in [7, 11) is 0. The summed E-state index contributed by atoms with van der Waals surface area (Å²) in [5, 5.41) is 0.